The summed E-state index contributed by atoms with van der Waals surface area (Å²) in [4.78, 5) is 12.3. The molecular formula is C12H10F6N2O. The lowest BCUT2D eigenvalue weighted by atomic mass is 10.1. The third kappa shape index (κ3) is 2.77. The van der Waals surface area contributed by atoms with Crippen molar-refractivity contribution in [3.05, 3.63) is 23.8 Å². The number of nitrogens with zero attached hydrogens (tertiary/aromatic N) is 1. The van der Waals surface area contributed by atoms with Crippen molar-refractivity contribution in [1.82, 2.24) is 0 Å². The molecule has 2 rings (SSSR count). The number of nitrogens with two attached hydrogens (primary N) is 1. The molecule has 21 heavy (non-hydrogen) atoms. The lowest BCUT2D eigenvalue weighted by Gasteiger charge is -2.27. The van der Waals surface area contributed by atoms with Crippen molar-refractivity contribution in [2.75, 3.05) is 17.2 Å². The first-order valence-corrected chi connectivity index (χ1v) is 5.85. The molecule has 1 aliphatic heterocycles. The van der Waals surface area contributed by atoms with Gasteiger partial charge in [0.15, 0.2) is 0 Å². The summed E-state index contributed by atoms with van der Waals surface area (Å²) >= 11 is 0. The number of rotatable bonds is 1. The summed E-state index contributed by atoms with van der Waals surface area (Å²) in [7, 11) is 0. The van der Waals surface area contributed by atoms with E-state index in [1.54, 1.807) is 0 Å². The van der Waals surface area contributed by atoms with E-state index in [0.29, 0.717) is 10.5 Å². The van der Waals surface area contributed by atoms with Crippen LogP contribution in [0.5, 0.6) is 0 Å². The SMILES string of the molecule is Nc1cccc2c1CCN2C(=O)C(C(F)(F)F)C(F)(F)F. The van der Waals surface area contributed by atoms with Crippen molar-refractivity contribution in [1.29, 1.82) is 0 Å². The van der Waals surface area contributed by atoms with E-state index in [1.807, 2.05) is 0 Å². The Kier molecular flexibility index (Phi) is 3.54. The van der Waals surface area contributed by atoms with Crippen molar-refractivity contribution in [3.63, 3.8) is 0 Å². The fourth-order valence-corrected chi connectivity index (χ4v) is 2.31. The molecule has 0 radical (unpaired) electrons. The fourth-order valence-electron chi connectivity index (χ4n) is 2.31. The van der Waals surface area contributed by atoms with Gasteiger partial charge in [-0.15, -0.1) is 0 Å². The molecule has 0 unspecified atom stereocenters. The minimum Gasteiger partial charge on any atom is -0.398 e. The largest absolute Gasteiger partial charge is 0.409 e. The van der Waals surface area contributed by atoms with E-state index >= 15 is 0 Å². The minimum absolute atomic E-state index is 0.00139. The van der Waals surface area contributed by atoms with Crippen LogP contribution in [-0.4, -0.2) is 24.8 Å². The molecule has 0 saturated heterocycles. The monoisotopic (exact) mass is 312 g/mol. The Bertz CT molecular complexity index is 552. The zero-order chi connectivity index (χ0) is 16.0. The average molecular weight is 312 g/mol. The van der Waals surface area contributed by atoms with Crippen LogP contribution in [0.1, 0.15) is 5.56 Å². The van der Waals surface area contributed by atoms with Gasteiger partial charge in [-0.2, -0.15) is 26.3 Å². The van der Waals surface area contributed by atoms with Crippen molar-refractivity contribution >= 4 is 17.3 Å². The maximum Gasteiger partial charge on any atom is 0.409 e. The molecule has 1 aromatic carbocycles. The molecule has 0 spiro atoms. The Hall–Kier alpha value is -1.93. The number of nitrogen functional groups attached to an aromatic ring is 1. The second kappa shape index (κ2) is 4.81. The van der Waals surface area contributed by atoms with Crippen molar-refractivity contribution in [3.8, 4) is 0 Å². The van der Waals surface area contributed by atoms with Crippen LogP contribution in [0, 0.1) is 5.92 Å². The standard InChI is InChI=1S/C12H10F6N2O/c13-11(14,15)9(12(16,17)18)10(21)20-5-4-6-7(19)2-1-3-8(6)20/h1-3,9H,4-5,19H2. The van der Waals surface area contributed by atoms with Crippen LogP contribution in [-0.2, 0) is 11.2 Å². The third-order valence-electron chi connectivity index (χ3n) is 3.23. The molecule has 1 heterocycles. The van der Waals surface area contributed by atoms with E-state index in [2.05, 4.69) is 0 Å². The van der Waals surface area contributed by atoms with Crippen LogP contribution in [0.15, 0.2) is 18.2 Å². The summed E-state index contributed by atoms with van der Waals surface area (Å²) in [5.74, 6) is -6.06. The number of benzene rings is 1. The lowest BCUT2D eigenvalue weighted by molar-refractivity contribution is -0.273. The first-order chi connectivity index (χ1) is 9.53. The lowest BCUT2D eigenvalue weighted by Crippen LogP contribution is -2.49. The molecule has 0 aromatic heterocycles. The Morgan fingerprint density at radius 2 is 1.71 bits per heavy atom. The summed E-state index contributed by atoms with van der Waals surface area (Å²) in [6, 6.07) is 4.12. The van der Waals surface area contributed by atoms with E-state index in [4.69, 9.17) is 5.73 Å². The normalized spacial score (nSPS) is 15.5. The van der Waals surface area contributed by atoms with Gasteiger partial charge in [0.1, 0.15) is 0 Å². The van der Waals surface area contributed by atoms with Crippen molar-refractivity contribution in [2.24, 2.45) is 5.92 Å². The highest BCUT2D eigenvalue weighted by Gasteiger charge is 2.62. The molecule has 9 heteroatoms. The van der Waals surface area contributed by atoms with Gasteiger partial charge < -0.3 is 10.6 Å². The van der Waals surface area contributed by atoms with E-state index in [1.165, 1.54) is 18.2 Å². The van der Waals surface area contributed by atoms with Gasteiger partial charge in [0.05, 0.1) is 0 Å². The molecule has 3 nitrogen and oxygen atoms in total. The number of hydrogen-bond donors (Lipinski definition) is 1. The van der Waals surface area contributed by atoms with Gasteiger partial charge in [0.25, 0.3) is 0 Å². The molecule has 0 bridgehead atoms. The number of anilines is 2. The van der Waals surface area contributed by atoms with Gasteiger partial charge in [0.2, 0.25) is 11.8 Å². The second-order valence-corrected chi connectivity index (χ2v) is 4.60. The highest BCUT2D eigenvalue weighted by molar-refractivity contribution is 5.98. The Morgan fingerprint density at radius 3 is 2.24 bits per heavy atom. The molecular weight excluding hydrogens is 302 g/mol. The van der Waals surface area contributed by atoms with Crippen LogP contribution < -0.4 is 10.6 Å². The third-order valence-corrected chi connectivity index (χ3v) is 3.23. The zero-order valence-electron chi connectivity index (χ0n) is 10.4. The van der Waals surface area contributed by atoms with Crippen molar-refractivity contribution < 1.29 is 31.1 Å². The first kappa shape index (κ1) is 15.5. The Labute approximate surface area is 115 Å². The van der Waals surface area contributed by atoms with Crippen LogP contribution >= 0.6 is 0 Å². The smallest absolute Gasteiger partial charge is 0.398 e. The van der Waals surface area contributed by atoms with Gasteiger partial charge in [-0.25, -0.2) is 0 Å². The van der Waals surface area contributed by atoms with Crippen molar-refractivity contribution in [2.45, 2.75) is 18.8 Å². The predicted octanol–water partition coefficient (Wildman–Crippen LogP) is 2.90. The van der Waals surface area contributed by atoms with Gasteiger partial charge >= 0.3 is 12.4 Å². The average Bonchev–Trinajstić information content (AvgIpc) is 2.69. The van der Waals surface area contributed by atoms with Gasteiger partial charge in [-0.05, 0) is 18.6 Å². The highest BCUT2D eigenvalue weighted by atomic mass is 19.4. The maximum atomic E-state index is 12.6. The number of carbonyl (C=O) groups excluding carboxylic acids is 1. The van der Waals surface area contributed by atoms with Crippen LogP contribution in [0.25, 0.3) is 0 Å². The molecule has 0 fully saturated rings. The van der Waals surface area contributed by atoms with E-state index in [0.717, 1.165) is 0 Å². The number of halogens is 6. The summed E-state index contributed by atoms with van der Waals surface area (Å²) in [5, 5.41) is 0. The Balaban J connectivity index is 2.40. The maximum absolute atomic E-state index is 12.6. The molecule has 0 aliphatic carbocycles. The molecule has 1 aliphatic rings. The summed E-state index contributed by atoms with van der Waals surface area (Å²) in [5.41, 5.74) is 6.22. The molecule has 0 saturated carbocycles. The minimum atomic E-state index is -5.70. The number of alkyl halides is 6. The van der Waals surface area contributed by atoms with Gasteiger partial charge in [-0.1, -0.05) is 6.07 Å². The molecule has 2 N–H and O–H groups in total. The van der Waals surface area contributed by atoms with E-state index in [9.17, 15) is 31.1 Å². The van der Waals surface area contributed by atoms with Crippen LogP contribution in [0.2, 0.25) is 0 Å². The summed E-state index contributed by atoms with van der Waals surface area (Å²) in [6.07, 6.45) is -11.3. The predicted molar refractivity (Wildman–Crippen MR) is 62.5 cm³/mol. The number of hydrogen-bond acceptors (Lipinski definition) is 2. The number of fused-ring (bicyclic) bond motifs is 1. The number of amides is 1. The molecule has 116 valence electrons. The highest BCUT2D eigenvalue weighted by Crippen LogP contribution is 2.42. The molecule has 1 aromatic rings. The topological polar surface area (TPSA) is 46.3 Å². The first-order valence-electron chi connectivity index (χ1n) is 5.85. The summed E-state index contributed by atoms with van der Waals surface area (Å²) in [6.45, 7) is -0.259. The van der Waals surface area contributed by atoms with E-state index < -0.39 is 24.2 Å². The molecule has 1 amide bonds. The fraction of sp³-hybridized carbons (Fsp3) is 0.417. The number of carbonyl (C=O) groups is 1. The quantitative estimate of drug-likeness (QED) is 0.640. The zero-order valence-corrected chi connectivity index (χ0v) is 10.4. The van der Waals surface area contributed by atoms with Crippen LogP contribution in [0.4, 0.5) is 37.7 Å². The summed E-state index contributed by atoms with van der Waals surface area (Å²) < 4.78 is 75.5. The van der Waals surface area contributed by atoms with Crippen LogP contribution in [0.3, 0.4) is 0 Å². The Morgan fingerprint density at radius 1 is 1.14 bits per heavy atom. The van der Waals surface area contributed by atoms with Gasteiger partial charge in [-0.3, -0.25) is 4.79 Å². The second-order valence-electron chi connectivity index (χ2n) is 4.60. The van der Waals surface area contributed by atoms with Gasteiger partial charge in [0, 0.05) is 23.5 Å². The molecule has 0 atom stereocenters. The van der Waals surface area contributed by atoms with E-state index in [-0.39, 0.29) is 24.3 Å².